The predicted octanol–water partition coefficient (Wildman–Crippen LogP) is 3.27. The maximum atomic E-state index is 6.01. The van der Waals surface area contributed by atoms with Crippen LogP contribution >= 0.6 is 11.3 Å². The van der Waals surface area contributed by atoms with Crippen molar-refractivity contribution in [3.8, 4) is 22.9 Å². The first-order valence-electron chi connectivity index (χ1n) is 7.45. The molecule has 4 heterocycles. The lowest BCUT2D eigenvalue weighted by molar-refractivity contribution is 0.0904. The number of rotatable bonds is 2. The van der Waals surface area contributed by atoms with Gasteiger partial charge >= 0.3 is 0 Å². The number of aryl methyl sites for hydroxylation is 1. The third-order valence-corrected chi connectivity index (χ3v) is 4.88. The van der Waals surface area contributed by atoms with Crippen molar-refractivity contribution in [1.82, 2.24) is 19.8 Å². The quantitative estimate of drug-likeness (QED) is 0.557. The molecule has 0 saturated carbocycles. The highest BCUT2D eigenvalue weighted by atomic mass is 32.1. The van der Waals surface area contributed by atoms with Gasteiger partial charge in [-0.1, -0.05) is 23.5 Å². The van der Waals surface area contributed by atoms with Crippen LogP contribution in [0.3, 0.4) is 0 Å². The molecule has 0 amide bonds. The van der Waals surface area contributed by atoms with E-state index in [4.69, 9.17) is 13.9 Å². The standard InChI is InChI=1S/C16H12N4O3S/c1-9-10(6-7-21-9)14-17-18-16-20(14)19-15(24-16)13-8-22-11-4-2-3-5-12(11)23-13/h2-7,13H,8H2,1H3/t13-/m1/s1. The van der Waals surface area contributed by atoms with Gasteiger partial charge in [-0.3, -0.25) is 0 Å². The van der Waals surface area contributed by atoms with E-state index in [1.807, 2.05) is 37.3 Å². The van der Waals surface area contributed by atoms with Gasteiger partial charge in [-0.2, -0.15) is 9.61 Å². The summed E-state index contributed by atoms with van der Waals surface area (Å²) in [5, 5.41) is 13.8. The zero-order chi connectivity index (χ0) is 16.1. The van der Waals surface area contributed by atoms with Gasteiger partial charge in [0.1, 0.15) is 12.4 Å². The maximum Gasteiger partial charge on any atom is 0.235 e. The van der Waals surface area contributed by atoms with Gasteiger partial charge < -0.3 is 13.9 Å². The van der Waals surface area contributed by atoms with Crippen LogP contribution in [-0.4, -0.2) is 26.4 Å². The van der Waals surface area contributed by atoms with E-state index in [9.17, 15) is 0 Å². The fraction of sp³-hybridized carbons (Fsp3) is 0.188. The zero-order valence-electron chi connectivity index (χ0n) is 12.7. The van der Waals surface area contributed by atoms with E-state index in [2.05, 4.69) is 15.3 Å². The number of nitrogens with zero attached hydrogens (tertiary/aromatic N) is 4. The highest BCUT2D eigenvalue weighted by molar-refractivity contribution is 7.16. The Morgan fingerprint density at radius 3 is 2.88 bits per heavy atom. The molecule has 7 nitrogen and oxygen atoms in total. The van der Waals surface area contributed by atoms with Gasteiger partial charge in [0, 0.05) is 0 Å². The lowest BCUT2D eigenvalue weighted by atomic mass is 10.2. The number of hydrogen-bond donors (Lipinski definition) is 0. The van der Waals surface area contributed by atoms with Crippen molar-refractivity contribution in [2.45, 2.75) is 13.0 Å². The van der Waals surface area contributed by atoms with Crippen LogP contribution in [0.1, 0.15) is 16.9 Å². The van der Waals surface area contributed by atoms with E-state index in [1.165, 1.54) is 11.3 Å². The summed E-state index contributed by atoms with van der Waals surface area (Å²) in [6.45, 7) is 2.31. The van der Waals surface area contributed by atoms with Crippen molar-refractivity contribution in [2.24, 2.45) is 0 Å². The van der Waals surface area contributed by atoms with E-state index in [1.54, 1.807) is 10.8 Å². The zero-order valence-corrected chi connectivity index (χ0v) is 13.5. The topological polar surface area (TPSA) is 74.7 Å². The van der Waals surface area contributed by atoms with Crippen molar-refractivity contribution in [2.75, 3.05) is 6.61 Å². The van der Waals surface area contributed by atoms with Crippen LogP contribution in [0.5, 0.6) is 11.5 Å². The highest BCUT2D eigenvalue weighted by Gasteiger charge is 2.27. The molecule has 1 aliphatic heterocycles. The third kappa shape index (κ3) is 2.00. The van der Waals surface area contributed by atoms with Crippen LogP contribution in [0.2, 0.25) is 0 Å². The highest BCUT2D eigenvalue weighted by Crippen LogP contribution is 2.37. The predicted molar refractivity (Wildman–Crippen MR) is 86.4 cm³/mol. The molecule has 4 aromatic rings. The fourth-order valence-electron chi connectivity index (χ4n) is 2.69. The summed E-state index contributed by atoms with van der Waals surface area (Å²) in [6.07, 6.45) is 1.37. The van der Waals surface area contributed by atoms with Crippen molar-refractivity contribution < 1.29 is 13.9 Å². The number of fused-ring (bicyclic) bond motifs is 2. The molecule has 0 bridgehead atoms. The largest absolute Gasteiger partial charge is 0.485 e. The number of hydrogen-bond acceptors (Lipinski definition) is 7. The molecule has 0 N–H and O–H groups in total. The molecule has 120 valence electrons. The van der Waals surface area contributed by atoms with Crippen LogP contribution < -0.4 is 9.47 Å². The van der Waals surface area contributed by atoms with E-state index in [0.29, 0.717) is 17.4 Å². The molecule has 0 fully saturated rings. The Morgan fingerprint density at radius 2 is 2.04 bits per heavy atom. The summed E-state index contributed by atoms with van der Waals surface area (Å²) in [5.41, 5.74) is 0.880. The molecule has 0 radical (unpaired) electrons. The molecule has 0 unspecified atom stereocenters. The van der Waals surface area contributed by atoms with E-state index in [0.717, 1.165) is 27.8 Å². The minimum absolute atomic E-state index is 0.259. The summed E-state index contributed by atoms with van der Waals surface area (Å²) >= 11 is 1.45. The maximum absolute atomic E-state index is 6.01. The molecule has 5 rings (SSSR count). The summed E-state index contributed by atoms with van der Waals surface area (Å²) in [7, 11) is 0. The molecule has 0 saturated heterocycles. The molecule has 1 atom stereocenters. The Bertz CT molecular complexity index is 1030. The second-order valence-corrected chi connectivity index (χ2v) is 6.40. The van der Waals surface area contributed by atoms with Gasteiger partial charge in [0.25, 0.3) is 0 Å². The number of para-hydroxylation sites is 2. The van der Waals surface area contributed by atoms with Crippen molar-refractivity contribution in [1.29, 1.82) is 0 Å². The van der Waals surface area contributed by atoms with Crippen LogP contribution in [0.25, 0.3) is 16.3 Å². The SMILES string of the molecule is Cc1occc1-c1nnc2sc([C@H]3COc4ccccc4O3)nn12. The molecule has 24 heavy (non-hydrogen) atoms. The van der Waals surface area contributed by atoms with E-state index < -0.39 is 0 Å². The second kappa shape index (κ2) is 5.07. The fourth-order valence-corrected chi connectivity index (χ4v) is 3.54. The average Bonchev–Trinajstić information content (AvgIpc) is 3.30. The van der Waals surface area contributed by atoms with Gasteiger partial charge in [-0.05, 0) is 25.1 Å². The Balaban J connectivity index is 1.53. The van der Waals surface area contributed by atoms with Crippen molar-refractivity contribution >= 4 is 16.3 Å². The van der Waals surface area contributed by atoms with Crippen LogP contribution in [0.15, 0.2) is 41.0 Å². The molecule has 3 aromatic heterocycles. The second-order valence-electron chi connectivity index (χ2n) is 5.41. The van der Waals surface area contributed by atoms with Gasteiger partial charge in [0.05, 0.1) is 11.8 Å². The van der Waals surface area contributed by atoms with Gasteiger partial charge in [-0.15, -0.1) is 10.2 Å². The van der Waals surface area contributed by atoms with Crippen molar-refractivity contribution in [3.63, 3.8) is 0 Å². The Hall–Kier alpha value is -2.87. The lowest BCUT2D eigenvalue weighted by Gasteiger charge is -2.24. The molecule has 1 aliphatic rings. The summed E-state index contributed by atoms with van der Waals surface area (Å²) in [4.78, 5) is 0.711. The summed E-state index contributed by atoms with van der Waals surface area (Å²) in [5.74, 6) is 2.93. The van der Waals surface area contributed by atoms with E-state index in [-0.39, 0.29) is 6.10 Å². The third-order valence-electron chi connectivity index (χ3n) is 3.89. The molecular weight excluding hydrogens is 328 g/mol. The molecule has 0 aliphatic carbocycles. The number of furan rings is 1. The van der Waals surface area contributed by atoms with Crippen molar-refractivity contribution in [3.05, 3.63) is 47.4 Å². The minimum Gasteiger partial charge on any atom is -0.485 e. The van der Waals surface area contributed by atoms with Gasteiger partial charge in [0.2, 0.25) is 4.96 Å². The first-order chi connectivity index (χ1) is 11.8. The molecule has 8 heteroatoms. The Kier molecular flexibility index (Phi) is 2.86. The normalized spacial score (nSPS) is 16.6. The smallest absolute Gasteiger partial charge is 0.235 e. The monoisotopic (exact) mass is 340 g/mol. The van der Waals surface area contributed by atoms with Crippen LogP contribution in [0.4, 0.5) is 0 Å². The van der Waals surface area contributed by atoms with Crippen LogP contribution in [0, 0.1) is 6.92 Å². The summed E-state index contributed by atoms with van der Waals surface area (Å²) in [6, 6.07) is 9.49. The average molecular weight is 340 g/mol. The molecular formula is C16H12N4O3S. The molecule has 1 aromatic carbocycles. The first kappa shape index (κ1) is 13.6. The number of benzene rings is 1. The number of aromatic nitrogens is 4. The van der Waals surface area contributed by atoms with Crippen LogP contribution in [-0.2, 0) is 0 Å². The van der Waals surface area contributed by atoms with E-state index >= 15 is 0 Å². The van der Waals surface area contributed by atoms with Gasteiger partial charge in [0.15, 0.2) is 28.4 Å². The number of ether oxygens (including phenoxy) is 2. The summed E-state index contributed by atoms with van der Waals surface area (Å²) < 4.78 is 18.9. The molecule has 0 spiro atoms. The Morgan fingerprint density at radius 1 is 1.17 bits per heavy atom. The lowest BCUT2D eigenvalue weighted by Crippen LogP contribution is -2.21. The first-order valence-corrected chi connectivity index (χ1v) is 8.26. The Labute approximate surface area is 140 Å². The minimum atomic E-state index is -0.259. The van der Waals surface area contributed by atoms with Gasteiger partial charge in [-0.25, -0.2) is 0 Å².